The smallest absolute Gasteiger partial charge is 0.303 e. The molecule has 0 bridgehead atoms. The van der Waals surface area contributed by atoms with Crippen molar-refractivity contribution in [3.63, 3.8) is 0 Å². The van der Waals surface area contributed by atoms with Crippen molar-refractivity contribution in [1.82, 2.24) is 5.43 Å². The van der Waals surface area contributed by atoms with Crippen molar-refractivity contribution in [3.05, 3.63) is 65.7 Å². The summed E-state index contributed by atoms with van der Waals surface area (Å²) in [6.45, 7) is 0. The minimum Gasteiger partial charge on any atom is -0.497 e. The normalized spacial score (nSPS) is 11.0. The SMILES string of the molecule is COc1ccc(C(=O)NN=C(CCC(=O)O)c2ccccc2)cc1. The average Bonchev–Trinajstić information content (AvgIpc) is 2.62. The van der Waals surface area contributed by atoms with Crippen LogP contribution in [0.15, 0.2) is 59.7 Å². The summed E-state index contributed by atoms with van der Waals surface area (Å²) in [5, 5.41) is 13.0. The molecule has 6 nitrogen and oxygen atoms in total. The second-order valence-corrected chi connectivity index (χ2v) is 4.99. The third kappa shape index (κ3) is 4.95. The van der Waals surface area contributed by atoms with Gasteiger partial charge in [-0.1, -0.05) is 30.3 Å². The molecule has 124 valence electrons. The van der Waals surface area contributed by atoms with Gasteiger partial charge in [-0.05, 0) is 29.8 Å². The van der Waals surface area contributed by atoms with Crippen LogP contribution >= 0.6 is 0 Å². The van der Waals surface area contributed by atoms with E-state index in [0.29, 0.717) is 17.0 Å². The lowest BCUT2D eigenvalue weighted by Gasteiger charge is -2.07. The minimum atomic E-state index is -0.917. The number of amides is 1. The molecule has 0 aliphatic heterocycles. The largest absolute Gasteiger partial charge is 0.497 e. The molecule has 2 N–H and O–H groups in total. The van der Waals surface area contributed by atoms with Gasteiger partial charge in [0, 0.05) is 12.0 Å². The fourth-order valence-electron chi connectivity index (χ4n) is 2.05. The summed E-state index contributed by atoms with van der Waals surface area (Å²) in [6, 6.07) is 15.8. The highest BCUT2D eigenvalue weighted by Crippen LogP contribution is 2.11. The van der Waals surface area contributed by atoms with Crippen LogP contribution in [0.2, 0.25) is 0 Å². The number of nitrogens with zero attached hydrogens (tertiary/aromatic N) is 1. The predicted molar refractivity (Wildman–Crippen MR) is 90.3 cm³/mol. The van der Waals surface area contributed by atoms with Crippen LogP contribution in [0.25, 0.3) is 0 Å². The molecule has 2 aromatic rings. The average molecular weight is 326 g/mol. The first-order valence-corrected chi connectivity index (χ1v) is 7.38. The Hall–Kier alpha value is -3.15. The monoisotopic (exact) mass is 326 g/mol. The van der Waals surface area contributed by atoms with E-state index in [2.05, 4.69) is 10.5 Å². The standard InChI is InChI=1S/C18H18N2O4/c1-24-15-9-7-14(8-10-15)18(23)20-19-16(11-12-17(21)22)13-5-3-2-4-6-13/h2-10H,11-12H2,1H3,(H,20,23)(H,21,22). The Bertz CT molecular complexity index is 724. The van der Waals surface area contributed by atoms with Crippen molar-refractivity contribution >= 4 is 17.6 Å². The fourth-order valence-corrected chi connectivity index (χ4v) is 2.05. The number of rotatable bonds is 7. The lowest BCUT2D eigenvalue weighted by atomic mass is 10.1. The number of carboxylic acid groups (broad SMARTS) is 1. The summed E-state index contributed by atoms with van der Waals surface area (Å²) in [7, 11) is 1.55. The Labute approximate surface area is 139 Å². The maximum Gasteiger partial charge on any atom is 0.303 e. The van der Waals surface area contributed by atoms with Gasteiger partial charge in [0.15, 0.2) is 0 Å². The second kappa shape index (κ2) is 8.47. The highest BCUT2D eigenvalue weighted by Gasteiger charge is 2.09. The third-order valence-electron chi connectivity index (χ3n) is 3.33. The van der Waals surface area contributed by atoms with Crippen molar-refractivity contribution in [2.75, 3.05) is 7.11 Å². The Morgan fingerprint density at radius 3 is 2.25 bits per heavy atom. The number of carbonyl (C=O) groups is 2. The zero-order chi connectivity index (χ0) is 17.4. The molecule has 0 unspecified atom stereocenters. The van der Waals surface area contributed by atoms with Crippen molar-refractivity contribution in [3.8, 4) is 5.75 Å². The first-order valence-electron chi connectivity index (χ1n) is 7.38. The molecule has 6 heteroatoms. The summed E-state index contributed by atoms with van der Waals surface area (Å²) >= 11 is 0. The summed E-state index contributed by atoms with van der Waals surface area (Å²) in [5.41, 5.74) is 4.20. The molecule has 0 aliphatic carbocycles. The molecule has 2 rings (SSSR count). The summed E-state index contributed by atoms with van der Waals surface area (Å²) < 4.78 is 5.04. The summed E-state index contributed by atoms with van der Waals surface area (Å²) in [5.74, 6) is -0.636. The van der Waals surface area contributed by atoms with Gasteiger partial charge in [0.05, 0.1) is 19.2 Å². The first-order chi connectivity index (χ1) is 11.6. The van der Waals surface area contributed by atoms with Gasteiger partial charge in [-0.15, -0.1) is 0 Å². The molecule has 0 spiro atoms. The zero-order valence-corrected chi connectivity index (χ0v) is 13.2. The van der Waals surface area contributed by atoms with Crippen molar-refractivity contribution < 1.29 is 19.4 Å². The maximum atomic E-state index is 12.1. The Balaban J connectivity index is 2.13. The number of benzene rings is 2. The predicted octanol–water partition coefficient (Wildman–Crippen LogP) is 2.69. The molecule has 0 aromatic heterocycles. The van der Waals surface area contributed by atoms with Gasteiger partial charge in [-0.3, -0.25) is 9.59 Å². The van der Waals surface area contributed by atoms with E-state index >= 15 is 0 Å². The van der Waals surface area contributed by atoms with Gasteiger partial charge in [-0.25, -0.2) is 5.43 Å². The molecule has 1 amide bonds. The molecule has 0 radical (unpaired) electrons. The van der Waals surface area contributed by atoms with Crippen LogP contribution in [0.4, 0.5) is 0 Å². The number of aliphatic carboxylic acids is 1. The van der Waals surface area contributed by atoms with E-state index in [9.17, 15) is 9.59 Å². The lowest BCUT2D eigenvalue weighted by molar-refractivity contribution is -0.136. The van der Waals surface area contributed by atoms with Crippen LogP contribution in [-0.4, -0.2) is 29.8 Å². The molecule has 0 aliphatic rings. The Kier molecular flexibility index (Phi) is 6.08. The van der Waals surface area contributed by atoms with Crippen LogP contribution in [0, 0.1) is 0 Å². The molecule has 0 heterocycles. The van der Waals surface area contributed by atoms with E-state index in [1.54, 1.807) is 31.4 Å². The van der Waals surface area contributed by atoms with Gasteiger partial charge in [0.1, 0.15) is 5.75 Å². The van der Waals surface area contributed by atoms with Gasteiger partial charge in [0.2, 0.25) is 0 Å². The van der Waals surface area contributed by atoms with Crippen LogP contribution in [0.1, 0.15) is 28.8 Å². The van der Waals surface area contributed by atoms with Crippen LogP contribution in [-0.2, 0) is 4.79 Å². The number of carbonyl (C=O) groups excluding carboxylic acids is 1. The van der Waals surface area contributed by atoms with E-state index in [4.69, 9.17) is 9.84 Å². The van der Waals surface area contributed by atoms with E-state index in [1.165, 1.54) is 0 Å². The van der Waals surface area contributed by atoms with Gasteiger partial charge >= 0.3 is 5.97 Å². The number of methoxy groups -OCH3 is 1. The first kappa shape index (κ1) is 17.2. The number of carboxylic acids is 1. The molecule has 0 saturated carbocycles. The highest BCUT2D eigenvalue weighted by atomic mass is 16.5. The third-order valence-corrected chi connectivity index (χ3v) is 3.33. The number of hydrogen-bond donors (Lipinski definition) is 2. The van der Waals surface area contributed by atoms with Crippen LogP contribution in [0.5, 0.6) is 5.75 Å². The molecule has 2 aromatic carbocycles. The zero-order valence-electron chi connectivity index (χ0n) is 13.2. The van der Waals surface area contributed by atoms with Gasteiger partial charge in [-0.2, -0.15) is 5.10 Å². The quantitative estimate of drug-likeness (QED) is 0.605. The maximum absolute atomic E-state index is 12.1. The fraction of sp³-hybridized carbons (Fsp3) is 0.167. The Morgan fingerprint density at radius 2 is 1.67 bits per heavy atom. The number of hydrazone groups is 1. The van der Waals surface area contributed by atoms with Crippen molar-refractivity contribution in [1.29, 1.82) is 0 Å². The number of nitrogens with one attached hydrogen (secondary N) is 1. The van der Waals surface area contributed by atoms with E-state index < -0.39 is 5.97 Å². The highest BCUT2D eigenvalue weighted by molar-refractivity contribution is 6.03. The molecule has 0 fully saturated rings. The summed E-state index contributed by atoms with van der Waals surface area (Å²) in [4.78, 5) is 22.9. The Morgan fingerprint density at radius 1 is 1.00 bits per heavy atom. The van der Waals surface area contributed by atoms with Crippen molar-refractivity contribution in [2.24, 2.45) is 5.10 Å². The van der Waals surface area contributed by atoms with Gasteiger partial charge < -0.3 is 9.84 Å². The second-order valence-electron chi connectivity index (χ2n) is 4.99. The molecule has 0 atom stereocenters. The topological polar surface area (TPSA) is 88.0 Å². The minimum absolute atomic E-state index is 0.0634. The van der Waals surface area contributed by atoms with Crippen molar-refractivity contribution in [2.45, 2.75) is 12.8 Å². The van der Waals surface area contributed by atoms with E-state index in [0.717, 1.165) is 5.56 Å². The van der Waals surface area contributed by atoms with Gasteiger partial charge in [0.25, 0.3) is 5.91 Å². The number of ether oxygens (including phenoxy) is 1. The lowest BCUT2D eigenvalue weighted by Crippen LogP contribution is -2.20. The molecule has 24 heavy (non-hydrogen) atoms. The summed E-state index contributed by atoms with van der Waals surface area (Å²) in [6.07, 6.45) is 0.161. The molecule has 0 saturated heterocycles. The molecular formula is C18H18N2O4. The number of hydrogen-bond acceptors (Lipinski definition) is 4. The van der Waals surface area contributed by atoms with E-state index in [1.807, 2.05) is 30.3 Å². The molecular weight excluding hydrogens is 308 g/mol. The van der Waals surface area contributed by atoms with E-state index in [-0.39, 0.29) is 18.7 Å². The van der Waals surface area contributed by atoms with Crippen LogP contribution in [0.3, 0.4) is 0 Å². The van der Waals surface area contributed by atoms with Crippen LogP contribution < -0.4 is 10.2 Å².